The van der Waals surface area contributed by atoms with Crippen LogP contribution in [0.25, 0.3) is 0 Å². The highest BCUT2D eigenvalue weighted by Gasteiger charge is 2.26. The molecule has 5 heteroatoms. The summed E-state index contributed by atoms with van der Waals surface area (Å²) in [6.07, 6.45) is 3.68. The summed E-state index contributed by atoms with van der Waals surface area (Å²) in [4.78, 5) is 16.2. The summed E-state index contributed by atoms with van der Waals surface area (Å²) >= 11 is 0. The first-order chi connectivity index (χ1) is 10.2. The minimum atomic E-state index is -0.0767. The number of benzene rings is 1. The zero-order valence-corrected chi connectivity index (χ0v) is 11.9. The molecular formula is C16H16N2O3. The number of pyridine rings is 1. The minimum Gasteiger partial charge on any atom is -0.493 e. The van der Waals surface area contributed by atoms with Crippen molar-refractivity contribution >= 4 is 11.5 Å². The van der Waals surface area contributed by atoms with Crippen molar-refractivity contribution in [3.8, 4) is 11.5 Å². The van der Waals surface area contributed by atoms with Crippen molar-refractivity contribution in [1.82, 2.24) is 4.98 Å². The second-order valence-corrected chi connectivity index (χ2v) is 4.86. The topological polar surface area (TPSA) is 60.5 Å². The molecule has 0 saturated heterocycles. The molecule has 0 saturated carbocycles. The standard InChI is InChI=1S/C16H16N2O3/c1-20-15-4-3-10(7-16(15)21-2)13-8-14(19)11-9-17-6-5-12(11)18-13/h3-7,9,13,18H,8H2,1-2H3. The molecule has 108 valence electrons. The lowest BCUT2D eigenvalue weighted by molar-refractivity contribution is 0.0972. The fraction of sp³-hybridized carbons (Fsp3) is 0.250. The van der Waals surface area contributed by atoms with Crippen LogP contribution in [0.4, 0.5) is 5.69 Å². The number of anilines is 1. The van der Waals surface area contributed by atoms with Crippen LogP contribution < -0.4 is 14.8 Å². The monoisotopic (exact) mass is 284 g/mol. The number of nitrogens with zero attached hydrogens (tertiary/aromatic N) is 1. The lowest BCUT2D eigenvalue weighted by atomic mass is 9.93. The van der Waals surface area contributed by atoms with Gasteiger partial charge in [-0.1, -0.05) is 6.07 Å². The molecule has 1 aliphatic heterocycles. The van der Waals surface area contributed by atoms with Crippen LogP contribution in [-0.2, 0) is 0 Å². The number of nitrogens with one attached hydrogen (secondary N) is 1. The average molecular weight is 284 g/mol. The first kappa shape index (κ1) is 13.4. The van der Waals surface area contributed by atoms with Crippen molar-refractivity contribution in [1.29, 1.82) is 0 Å². The molecular weight excluding hydrogens is 268 g/mol. The molecule has 21 heavy (non-hydrogen) atoms. The molecule has 2 heterocycles. The Morgan fingerprint density at radius 3 is 2.76 bits per heavy atom. The number of rotatable bonds is 3. The van der Waals surface area contributed by atoms with Gasteiger partial charge in [-0.3, -0.25) is 9.78 Å². The van der Waals surface area contributed by atoms with E-state index in [1.807, 2.05) is 24.3 Å². The number of hydrogen-bond donors (Lipinski definition) is 1. The molecule has 3 rings (SSSR count). The first-order valence-electron chi connectivity index (χ1n) is 6.68. The van der Waals surface area contributed by atoms with Gasteiger partial charge >= 0.3 is 0 Å². The molecule has 0 radical (unpaired) electrons. The lowest BCUT2D eigenvalue weighted by Gasteiger charge is -2.26. The largest absolute Gasteiger partial charge is 0.493 e. The highest BCUT2D eigenvalue weighted by Crippen LogP contribution is 2.36. The number of carbonyl (C=O) groups is 1. The SMILES string of the molecule is COc1ccc(C2CC(=O)c3cnccc3N2)cc1OC. The van der Waals surface area contributed by atoms with Gasteiger partial charge in [0.25, 0.3) is 0 Å². The molecule has 0 spiro atoms. The van der Waals surface area contributed by atoms with Crippen molar-refractivity contribution in [2.45, 2.75) is 12.5 Å². The summed E-state index contributed by atoms with van der Waals surface area (Å²) in [5.41, 5.74) is 2.46. The molecule has 1 aromatic carbocycles. The second-order valence-electron chi connectivity index (χ2n) is 4.86. The van der Waals surface area contributed by atoms with Crippen LogP contribution in [0.15, 0.2) is 36.7 Å². The zero-order valence-electron chi connectivity index (χ0n) is 11.9. The van der Waals surface area contributed by atoms with Crippen LogP contribution in [-0.4, -0.2) is 25.0 Å². The predicted octanol–water partition coefficient (Wildman–Crippen LogP) is 2.84. The van der Waals surface area contributed by atoms with Crippen molar-refractivity contribution in [2.24, 2.45) is 0 Å². The highest BCUT2D eigenvalue weighted by atomic mass is 16.5. The summed E-state index contributed by atoms with van der Waals surface area (Å²) in [5.74, 6) is 1.43. The van der Waals surface area contributed by atoms with E-state index >= 15 is 0 Å². The molecule has 1 aromatic heterocycles. The Labute approximate surface area is 122 Å². The number of aromatic nitrogens is 1. The third kappa shape index (κ3) is 2.42. The summed E-state index contributed by atoms with van der Waals surface area (Å²) < 4.78 is 10.6. The average Bonchev–Trinajstić information content (AvgIpc) is 2.54. The van der Waals surface area contributed by atoms with E-state index in [0.717, 1.165) is 11.3 Å². The fourth-order valence-electron chi connectivity index (χ4n) is 2.55. The Balaban J connectivity index is 1.94. The molecule has 1 aliphatic rings. The van der Waals surface area contributed by atoms with E-state index in [2.05, 4.69) is 10.3 Å². The number of fused-ring (bicyclic) bond motifs is 1. The van der Waals surface area contributed by atoms with E-state index in [-0.39, 0.29) is 11.8 Å². The van der Waals surface area contributed by atoms with E-state index in [0.29, 0.717) is 23.5 Å². The number of ether oxygens (including phenoxy) is 2. The Morgan fingerprint density at radius 2 is 2.00 bits per heavy atom. The second kappa shape index (κ2) is 5.44. The van der Waals surface area contributed by atoms with Crippen LogP contribution in [0.3, 0.4) is 0 Å². The van der Waals surface area contributed by atoms with Crippen LogP contribution in [0.1, 0.15) is 28.4 Å². The minimum absolute atomic E-state index is 0.0767. The molecule has 1 N–H and O–H groups in total. The number of carbonyl (C=O) groups excluding carboxylic acids is 1. The summed E-state index contributed by atoms with van der Waals surface area (Å²) in [5, 5.41) is 3.38. The molecule has 1 unspecified atom stereocenters. The third-order valence-electron chi connectivity index (χ3n) is 3.65. The first-order valence-corrected chi connectivity index (χ1v) is 6.68. The maximum Gasteiger partial charge on any atom is 0.168 e. The van der Waals surface area contributed by atoms with Gasteiger partial charge in [-0.25, -0.2) is 0 Å². The molecule has 0 fully saturated rings. The van der Waals surface area contributed by atoms with E-state index in [9.17, 15) is 4.79 Å². The molecule has 0 amide bonds. The van der Waals surface area contributed by atoms with Crippen molar-refractivity contribution in [3.63, 3.8) is 0 Å². The molecule has 0 bridgehead atoms. The Morgan fingerprint density at radius 1 is 1.19 bits per heavy atom. The van der Waals surface area contributed by atoms with E-state index in [4.69, 9.17) is 9.47 Å². The number of Topliss-reactive ketones (excluding diaryl/α,β-unsaturated/α-hetero) is 1. The Hall–Kier alpha value is -2.56. The van der Waals surface area contributed by atoms with Gasteiger partial charge in [-0.15, -0.1) is 0 Å². The number of ketones is 1. The summed E-state index contributed by atoms with van der Waals surface area (Å²) in [6.45, 7) is 0. The number of hydrogen-bond acceptors (Lipinski definition) is 5. The van der Waals surface area contributed by atoms with Gasteiger partial charge in [0.05, 0.1) is 25.8 Å². The zero-order chi connectivity index (χ0) is 14.8. The van der Waals surface area contributed by atoms with Gasteiger partial charge in [0.1, 0.15) is 0 Å². The van der Waals surface area contributed by atoms with Crippen molar-refractivity contribution in [2.75, 3.05) is 19.5 Å². The molecule has 5 nitrogen and oxygen atoms in total. The lowest BCUT2D eigenvalue weighted by Crippen LogP contribution is -2.23. The quantitative estimate of drug-likeness (QED) is 0.939. The normalized spacial score (nSPS) is 16.9. The Kier molecular flexibility index (Phi) is 3.48. The van der Waals surface area contributed by atoms with E-state index < -0.39 is 0 Å². The van der Waals surface area contributed by atoms with E-state index in [1.165, 1.54) is 0 Å². The van der Waals surface area contributed by atoms with Crippen LogP contribution in [0, 0.1) is 0 Å². The summed E-state index contributed by atoms with van der Waals surface area (Å²) in [6, 6.07) is 7.43. The van der Waals surface area contributed by atoms with Gasteiger partial charge in [0.15, 0.2) is 17.3 Å². The molecule has 1 atom stereocenters. The van der Waals surface area contributed by atoms with Crippen LogP contribution in [0.5, 0.6) is 11.5 Å². The smallest absolute Gasteiger partial charge is 0.168 e. The van der Waals surface area contributed by atoms with Crippen molar-refractivity contribution in [3.05, 3.63) is 47.8 Å². The van der Waals surface area contributed by atoms with Crippen molar-refractivity contribution < 1.29 is 14.3 Å². The predicted molar refractivity (Wildman–Crippen MR) is 79.1 cm³/mol. The highest BCUT2D eigenvalue weighted by molar-refractivity contribution is 6.03. The molecule has 0 aliphatic carbocycles. The van der Waals surface area contributed by atoms with Gasteiger partial charge in [-0.2, -0.15) is 0 Å². The van der Waals surface area contributed by atoms with Gasteiger partial charge < -0.3 is 14.8 Å². The van der Waals surface area contributed by atoms with Gasteiger partial charge in [0.2, 0.25) is 0 Å². The number of methoxy groups -OCH3 is 2. The maximum atomic E-state index is 12.2. The summed E-state index contributed by atoms with van der Waals surface area (Å²) in [7, 11) is 3.20. The van der Waals surface area contributed by atoms with Gasteiger partial charge in [-0.05, 0) is 23.8 Å². The third-order valence-corrected chi connectivity index (χ3v) is 3.65. The molecule has 2 aromatic rings. The van der Waals surface area contributed by atoms with Crippen LogP contribution in [0.2, 0.25) is 0 Å². The maximum absolute atomic E-state index is 12.2. The fourth-order valence-corrected chi connectivity index (χ4v) is 2.55. The van der Waals surface area contributed by atoms with E-state index in [1.54, 1.807) is 26.6 Å². The van der Waals surface area contributed by atoms with Crippen LogP contribution >= 0.6 is 0 Å². The van der Waals surface area contributed by atoms with Gasteiger partial charge in [0, 0.05) is 24.5 Å². The Bertz CT molecular complexity index is 685.